The molecule has 0 aliphatic rings. The second-order valence-corrected chi connectivity index (χ2v) is 31.2. The summed E-state index contributed by atoms with van der Waals surface area (Å²) in [6.07, 6.45) is 14.3. The van der Waals surface area contributed by atoms with Gasteiger partial charge >= 0.3 is 18.0 Å². The lowest BCUT2D eigenvalue weighted by molar-refractivity contribution is 0.302. The number of aromatic nitrogens is 9. The van der Waals surface area contributed by atoms with Crippen LogP contribution in [0.2, 0.25) is 0 Å². The zero-order valence-electron chi connectivity index (χ0n) is 76.8. The summed E-state index contributed by atoms with van der Waals surface area (Å²) in [4.78, 5) is 36.7. The maximum atomic E-state index is 12.5. The van der Waals surface area contributed by atoms with Crippen LogP contribution in [0.1, 0.15) is 79.2 Å². The van der Waals surface area contributed by atoms with Gasteiger partial charge in [-0.1, -0.05) is 185 Å². The van der Waals surface area contributed by atoms with Gasteiger partial charge in [0.05, 0.1) is 112 Å². The first-order valence-corrected chi connectivity index (χ1v) is 43.8. The molecule has 140 heavy (non-hydrogen) atoms. The summed E-state index contributed by atoms with van der Waals surface area (Å²) in [5.74, 6) is 7.07. The molecule has 34 nitrogen and oxygen atoms in total. The third-order valence-corrected chi connectivity index (χ3v) is 20.6. The SMILES string of the molecule is CCc1ccc(OC)cc1.COc1ccc(COc2cnc(Br)cc2C#N)cc1.COc1ccc(COc2cnc(Nc3ncc(-c4ccc(C)cc4)o3)cc2C#N)cc1.COc1ccc(COc2cnc(Nc3ncc(-c4ccc(C)cc4)o3)cc2C(N)=NO)cc1.Cc1ccc(-c2cnc(N)o2)cc1.Cc1ccc(-c2cnc(Nc3cc(C(N)=NO)c(O)cn3)o2)cc1.N#Cc1cc(Br)ncc1F. The molecule has 0 aliphatic heterocycles. The van der Waals surface area contributed by atoms with Crippen molar-refractivity contribution < 1.29 is 70.7 Å². The van der Waals surface area contributed by atoms with Gasteiger partial charge in [0.2, 0.25) is 0 Å². The van der Waals surface area contributed by atoms with E-state index in [-0.39, 0.29) is 53.2 Å². The molecule has 0 atom stereocenters. The number of aryl methyl sites for hydroxylation is 5. The molecular formula is C103H93Br2FN20O14. The van der Waals surface area contributed by atoms with Gasteiger partial charge in [0.1, 0.15) is 99.2 Å². The molecule has 17 aromatic rings. The van der Waals surface area contributed by atoms with Crippen molar-refractivity contribution in [2.24, 2.45) is 21.8 Å². The van der Waals surface area contributed by atoms with Gasteiger partial charge in [-0.05, 0) is 161 Å². The Labute approximate surface area is 821 Å². The first kappa shape index (κ1) is 102. The highest BCUT2D eigenvalue weighted by Crippen LogP contribution is 2.33. The summed E-state index contributed by atoms with van der Waals surface area (Å²) in [6.45, 7) is 11.2. The molecule has 17 rings (SSSR count). The van der Waals surface area contributed by atoms with Gasteiger partial charge in [-0.3, -0.25) is 16.0 Å². The Hall–Kier alpha value is -18.2. The number of nitrogens with zero attached hydrogens (tertiary/aromatic N) is 14. The molecule has 0 bridgehead atoms. The van der Waals surface area contributed by atoms with Crippen LogP contribution in [0.3, 0.4) is 0 Å². The lowest BCUT2D eigenvalue weighted by Crippen LogP contribution is -2.15. The Bertz CT molecular complexity index is 7060. The van der Waals surface area contributed by atoms with Crippen LogP contribution in [0, 0.1) is 67.5 Å². The van der Waals surface area contributed by atoms with E-state index >= 15 is 0 Å². The van der Waals surface area contributed by atoms with Crippen molar-refractivity contribution in [3.05, 3.63) is 368 Å². The Morgan fingerprint density at radius 1 is 0.379 bits per heavy atom. The van der Waals surface area contributed by atoms with Gasteiger partial charge in [-0.2, -0.15) is 15.8 Å². The molecule has 0 unspecified atom stereocenters. The number of anilines is 7. The average Bonchev–Trinajstić information content (AvgIpc) is 1.26. The van der Waals surface area contributed by atoms with Crippen molar-refractivity contribution in [1.29, 1.82) is 15.8 Å². The molecular weight excluding hydrogens is 1920 g/mol. The van der Waals surface area contributed by atoms with E-state index < -0.39 is 5.82 Å². The number of oxime groups is 2. The zero-order chi connectivity index (χ0) is 99.8. The number of amidine groups is 2. The number of ether oxygens (including phenoxy) is 7. The highest BCUT2D eigenvalue weighted by molar-refractivity contribution is 9.10. The highest BCUT2D eigenvalue weighted by atomic mass is 79.9. The smallest absolute Gasteiger partial charge is 0.300 e. The fraction of sp³-hybridized carbons (Fsp3) is 0.126. The van der Waals surface area contributed by atoms with E-state index in [9.17, 15) is 20.0 Å². The van der Waals surface area contributed by atoms with Crippen molar-refractivity contribution in [3.8, 4) is 109 Å². The number of pyridine rings is 5. The molecule has 0 spiro atoms. The lowest BCUT2D eigenvalue weighted by atomic mass is 10.1. The van der Waals surface area contributed by atoms with Crippen LogP contribution in [0.4, 0.5) is 45.9 Å². The number of nitrogens with two attached hydrogens (primary N) is 3. The molecule has 0 aliphatic carbocycles. The number of oxazole rings is 4. The molecule has 9 aromatic heterocycles. The van der Waals surface area contributed by atoms with Crippen molar-refractivity contribution in [1.82, 2.24) is 44.9 Å². The fourth-order valence-corrected chi connectivity index (χ4v) is 12.7. The van der Waals surface area contributed by atoms with E-state index in [0.717, 1.165) is 85.7 Å². The van der Waals surface area contributed by atoms with Crippen LogP contribution in [-0.2, 0) is 26.2 Å². The standard InChI is InChI=1S/C24H23N5O4.C24H20N4O3.C16H15N5O3.C14H11BrN2O2.C10H10N2O.C9H12O.C6H2BrFN2/c1-15-3-7-17(8-4-15)20-12-27-24(33-20)28-22-11-19(23(25)29-30)21(13-26-22)32-14-16-5-9-18(31-2)10-6-16;1-16-3-7-18(8-4-16)22-14-27-24(31-22)28-23-11-19(12-25)21(13-26-23)30-15-17-5-9-20(29-2)10-6-17;1-9-2-4-10(5-3-9)13-8-19-16(24-13)20-14-6-11(15(17)21-23)12(22)7-18-14;1-18-12-4-2-10(3-5-12)9-19-13-8-17-14(15)6-11(13)7-16;1-7-2-4-8(5-3-7)9-6-12-10(11)13-9;1-3-8-4-6-9(10-2)7-5-8;7-6-1-4(2-9)5(8)3-10-6/h3-13,30H,14H2,1-2H3,(H2,25,29)(H,26,27,28);3-11,13-14H,15H2,1-2H3,(H,26,27,28);2-8,22-23H,1H3,(H2,17,21)(H,18,19,20);2-6,8H,9H2,1H3;2-6H,1H3,(H2,11,12);4-7H,3H2,1-2H3;1,3H. The third kappa shape index (κ3) is 31.0. The normalized spacial score (nSPS) is 10.5. The molecule has 12 N–H and O–H groups in total. The molecule has 0 saturated heterocycles. The first-order chi connectivity index (χ1) is 67.8. The van der Waals surface area contributed by atoms with Crippen LogP contribution < -0.4 is 66.3 Å². The third-order valence-electron chi connectivity index (χ3n) is 19.7. The summed E-state index contributed by atoms with van der Waals surface area (Å²) in [7, 11) is 6.53. The Morgan fingerprint density at radius 3 is 1.04 bits per heavy atom. The maximum Gasteiger partial charge on any atom is 0.300 e. The Kier molecular flexibility index (Phi) is 38.0. The molecule has 0 fully saturated rings. The minimum atomic E-state index is -0.592. The van der Waals surface area contributed by atoms with E-state index in [1.165, 1.54) is 53.6 Å². The minimum Gasteiger partial charge on any atom is -0.506 e. The van der Waals surface area contributed by atoms with E-state index in [1.807, 2.05) is 210 Å². The summed E-state index contributed by atoms with van der Waals surface area (Å²) >= 11 is 6.23. The quantitative estimate of drug-likeness (QED) is 0.00799. The van der Waals surface area contributed by atoms with Gasteiger partial charge < -0.3 is 83.5 Å². The zero-order valence-corrected chi connectivity index (χ0v) is 80.0. The summed E-state index contributed by atoms with van der Waals surface area (Å²) < 4.78 is 73.5. The van der Waals surface area contributed by atoms with Crippen LogP contribution >= 0.6 is 31.9 Å². The minimum absolute atomic E-state index is 0.00174. The van der Waals surface area contributed by atoms with E-state index in [2.05, 4.69) is 134 Å². The monoisotopic (exact) mass is 2010 g/mol. The van der Waals surface area contributed by atoms with E-state index in [4.69, 9.17) is 83.8 Å². The van der Waals surface area contributed by atoms with Crippen LogP contribution in [0.15, 0.2) is 317 Å². The van der Waals surface area contributed by atoms with Gasteiger partial charge in [0.25, 0.3) is 6.01 Å². The number of benzene rings is 8. The number of hydrogen-bond acceptors (Lipinski definition) is 32. The van der Waals surface area contributed by atoms with Crippen LogP contribution in [-0.4, -0.2) is 100 Å². The highest BCUT2D eigenvalue weighted by Gasteiger charge is 2.19. The fourth-order valence-electron chi connectivity index (χ4n) is 12.0. The van der Waals surface area contributed by atoms with Crippen molar-refractivity contribution in [3.63, 3.8) is 0 Å². The van der Waals surface area contributed by atoms with Crippen LogP contribution in [0.5, 0.6) is 46.0 Å². The number of halogens is 3. The van der Waals surface area contributed by atoms with Gasteiger partial charge in [0, 0.05) is 28.3 Å². The summed E-state index contributed by atoms with van der Waals surface area (Å²) in [6, 6.07) is 76.9. The predicted octanol–water partition coefficient (Wildman–Crippen LogP) is 22.0. The number of nitriles is 3. The second kappa shape index (κ2) is 51.9. The number of aromatic hydroxyl groups is 1. The van der Waals surface area contributed by atoms with Crippen molar-refractivity contribution in [2.45, 2.75) is 60.9 Å². The number of rotatable bonds is 26. The molecule has 0 amide bonds. The molecule has 9 heterocycles. The summed E-state index contributed by atoms with van der Waals surface area (Å²) in [5.41, 5.74) is 30.7. The molecule has 8 aromatic carbocycles. The lowest BCUT2D eigenvalue weighted by Gasteiger charge is -2.12. The molecule has 0 saturated carbocycles. The van der Waals surface area contributed by atoms with Crippen molar-refractivity contribution >= 4 is 85.0 Å². The van der Waals surface area contributed by atoms with E-state index in [1.54, 1.807) is 77.5 Å². The summed E-state index contributed by atoms with van der Waals surface area (Å²) in [5, 5.41) is 69.2. The van der Waals surface area contributed by atoms with Gasteiger partial charge in [-0.15, -0.1) is 0 Å². The largest absolute Gasteiger partial charge is 0.506 e. The van der Waals surface area contributed by atoms with Gasteiger partial charge in [-0.25, -0.2) is 49.2 Å². The number of hydrogen-bond donors (Lipinski definition) is 9. The average molecular weight is 2010 g/mol. The Balaban J connectivity index is 0.000000163. The van der Waals surface area contributed by atoms with Crippen molar-refractivity contribution in [2.75, 3.05) is 50.1 Å². The predicted molar refractivity (Wildman–Crippen MR) is 533 cm³/mol. The second-order valence-electron chi connectivity index (χ2n) is 29.6. The van der Waals surface area contributed by atoms with Gasteiger partial charge in [0.15, 0.2) is 52.0 Å². The first-order valence-electron chi connectivity index (χ1n) is 42.2. The number of nitrogen functional groups attached to an aromatic ring is 1. The number of methoxy groups -OCH3 is 4. The maximum absolute atomic E-state index is 12.5. The topological polar surface area (TPSA) is 504 Å². The molecule has 37 heteroatoms. The molecule has 0 radical (unpaired) electrons. The van der Waals surface area contributed by atoms with Crippen LogP contribution in [0.25, 0.3) is 45.3 Å². The molecule has 710 valence electrons. The Morgan fingerprint density at radius 2 is 0.686 bits per heavy atom. The number of nitrogens with one attached hydrogen (secondary N) is 3. The van der Waals surface area contributed by atoms with E-state index in [0.29, 0.717) is 103 Å².